The SMILES string of the molecule is CC/C=N\OC(=O)CCC(NC)C(C)=O. The zero-order chi connectivity index (χ0) is 11.7. The van der Waals surface area contributed by atoms with Crippen molar-refractivity contribution in [3.63, 3.8) is 0 Å². The fourth-order valence-electron chi connectivity index (χ4n) is 1.03. The number of hydrogen-bond acceptors (Lipinski definition) is 5. The van der Waals surface area contributed by atoms with Gasteiger partial charge in [0.05, 0.1) is 6.04 Å². The Morgan fingerprint density at radius 3 is 2.67 bits per heavy atom. The number of likely N-dealkylation sites (N-methyl/N-ethyl adjacent to an activating group) is 1. The van der Waals surface area contributed by atoms with Crippen LogP contribution in [0.25, 0.3) is 0 Å². The van der Waals surface area contributed by atoms with Gasteiger partial charge in [-0.3, -0.25) is 4.79 Å². The Morgan fingerprint density at radius 1 is 1.53 bits per heavy atom. The molecule has 15 heavy (non-hydrogen) atoms. The van der Waals surface area contributed by atoms with E-state index in [2.05, 4.69) is 15.3 Å². The van der Waals surface area contributed by atoms with E-state index < -0.39 is 5.97 Å². The lowest BCUT2D eigenvalue weighted by Crippen LogP contribution is -2.32. The zero-order valence-corrected chi connectivity index (χ0v) is 9.45. The molecule has 0 amide bonds. The summed E-state index contributed by atoms with van der Waals surface area (Å²) in [6.45, 7) is 3.38. The first-order valence-corrected chi connectivity index (χ1v) is 5.01. The molecule has 0 aliphatic heterocycles. The van der Waals surface area contributed by atoms with E-state index in [1.54, 1.807) is 7.05 Å². The van der Waals surface area contributed by atoms with Gasteiger partial charge < -0.3 is 10.2 Å². The van der Waals surface area contributed by atoms with Crippen molar-refractivity contribution in [2.75, 3.05) is 7.05 Å². The third kappa shape index (κ3) is 6.79. The van der Waals surface area contributed by atoms with Gasteiger partial charge in [-0.05, 0) is 26.8 Å². The molecule has 0 aromatic carbocycles. The molecule has 0 heterocycles. The summed E-state index contributed by atoms with van der Waals surface area (Å²) in [5, 5.41) is 6.29. The standard InChI is InChI=1S/C10H18N2O3/c1-4-7-12-15-10(14)6-5-9(11-3)8(2)13/h7,9,11H,4-6H2,1-3H3/b12-7-. The Bertz CT molecular complexity index is 239. The molecule has 0 saturated heterocycles. The van der Waals surface area contributed by atoms with Crippen molar-refractivity contribution >= 4 is 18.0 Å². The second kappa shape index (κ2) is 8.11. The molecule has 0 radical (unpaired) electrons. The Balaban J connectivity index is 3.78. The van der Waals surface area contributed by atoms with Gasteiger partial charge in [0.1, 0.15) is 5.78 Å². The highest BCUT2D eigenvalue weighted by molar-refractivity contribution is 5.82. The van der Waals surface area contributed by atoms with Crippen molar-refractivity contribution in [1.82, 2.24) is 5.32 Å². The molecule has 0 rings (SSSR count). The van der Waals surface area contributed by atoms with Gasteiger partial charge in [0.15, 0.2) is 0 Å². The summed E-state index contributed by atoms with van der Waals surface area (Å²) in [5.74, 6) is -0.399. The Morgan fingerprint density at radius 2 is 2.20 bits per heavy atom. The molecule has 1 atom stereocenters. The van der Waals surface area contributed by atoms with Crippen molar-refractivity contribution in [1.29, 1.82) is 0 Å². The van der Waals surface area contributed by atoms with Gasteiger partial charge in [0, 0.05) is 12.6 Å². The molecule has 0 aliphatic carbocycles. The predicted molar refractivity (Wildman–Crippen MR) is 57.6 cm³/mol. The van der Waals surface area contributed by atoms with Gasteiger partial charge in [-0.15, -0.1) is 0 Å². The van der Waals surface area contributed by atoms with Gasteiger partial charge in [0.25, 0.3) is 0 Å². The van der Waals surface area contributed by atoms with Gasteiger partial charge >= 0.3 is 5.97 Å². The smallest absolute Gasteiger partial charge is 0.319 e. The fourth-order valence-corrected chi connectivity index (χ4v) is 1.03. The zero-order valence-electron chi connectivity index (χ0n) is 9.45. The van der Waals surface area contributed by atoms with Crippen LogP contribution in [0.4, 0.5) is 0 Å². The van der Waals surface area contributed by atoms with Crippen LogP contribution in [0, 0.1) is 0 Å². The maximum atomic E-state index is 11.1. The van der Waals surface area contributed by atoms with E-state index in [0.29, 0.717) is 6.42 Å². The summed E-state index contributed by atoms with van der Waals surface area (Å²) in [5.41, 5.74) is 0. The number of nitrogens with one attached hydrogen (secondary N) is 1. The average Bonchev–Trinajstić information content (AvgIpc) is 2.18. The number of hydrogen-bond donors (Lipinski definition) is 1. The molecule has 1 N–H and O–H groups in total. The average molecular weight is 214 g/mol. The lowest BCUT2D eigenvalue weighted by Gasteiger charge is -2.10. The topological polar surface area (TPSA) is 67.8 Å². The molecule has 0 aromatic rings. The summed E-state index contributed by atoms with van der Waals surface area (Å²) in [4.78, 5) is 26.6. The van der Waals surface area contributed by atoms with Crippen LogP contribution in [0.1, 0.15) is 33.1 Å². The number of Topliss-reactive ketones (excluding diaryl/α,β-unsaturated/α-hetero) is 1. The highest BCUT2D eigenvalue weighted by atomic mass is 16.7. The van der Waals surface area contributed by atoms with E-state index in [4.69, 9.17) is 0 Å². The number of rotatable bonds is 7. The largest absolute Gasteiger partial charge is 0.335 e. The minimum Gasteiger partial charge on any atom is -0.319 e. The number of oxime groups is 1. The highest BCUT2D eigenvalue weighted by Crippen LogP contribution is 2.00. The summed E-state index contributed by atoms with van der Waals surface area (Å²) >= 11 is 0. The van der Waals surface area contributed by atoms with Crippen molar-refractivity contribution in [3.8, 4) is 0 Å². The van der Waals surface area contributed by atoms with Crippen LogP contribution in [0.2, 0.25) is 0 Å². The molecular weight excluding hydrogens is 196 g/mol. The van der Waals surface area contributed by atoms with Crippen LogP contribution in [-0.4, -0.2) is 31.1 Å². The second-order valence-corrected chi connectivity index (χ2v) is 3.15. The minimum absolute atomic E-state index is 0.0161. The van der Waals surface area contributed by atoms with Gasteiger partial charge in [-0.2, -0.15) is 0 Å². The molecule has 0 fully saturated rings. The van der Waals surface area contributed by atoms with Crippen molar-refractivity contribution < 1.29 is 14.4 Å². The van der Waals surface area contributed by atoms with E-state index in [1.807, 2.05) is 6.92 Å². The van der Waals surface area contributed by atoms with Crippen molar-refractivity contribution in [2.24, 2.45) is 5.16 Å². The number of carbonyl (C=O) groups excluding carboxylic acids is 2. The van der Waals surface area contributed by atoms with Gasteiger partial charge in [-0.1, -0.05) is 12.1 Å². The predicted octanol–water partition coefficient (Wildman–Crippen LogP) is 0.883. The van der Waals surface area contributed by atoms with Crippen molar-refractivity contribution in [3.05, 3.63) is 0 Å². The third-order valence-corrected chi connectivity index (χ3v) is 1.89. The second-order valence-electron chi connectivity index (χ2n) is 3.15. The van der Waals surface area contributed by atoms with Crippen LogP contribution < -0.4 is 5.32 Å². The first-order valence-electron chi connectivity index (χ1n) is 5.01. The minimum atomic E-state index is -0.416. The van der Waals surface area contributed by atoms with Crippen LogP contribution in [0.15, 0.2) is 5.16 Å². The highest BCUT2D eigenvalue weighted by Gasteiger charge is 2.13. The fraction of sp³-hybridized carbons (Fsp3) is 0.700. The normalized spacial score (nSPS) is 12.7. The van der Waals surface area contributed by atoms with Crippen LogP contribution in [0.3, 0.4) is 0 Å². The summed E-state index contributed by atoms with van der Waals surface area (Å²) < 4.78 is 0. The van der Waals surface area contributed by atoms with Crippen LogP contribution >= 0.6 is 0 Å². The molecule has 0 spiro atoms. The Kier molecular flexibility index (Phi) is 7.44. The number of ketones is 1. The molecule has 0 aromatic heterocycles. The monoisotopic (exact) mass is 214 g/mol. The van der Waals surface area contributed by atoms with E-state index in [-0.39, 0.29) is 18.2 Å². The lowest BCUT2D eigenvalue weighted by atomic mass is 10.1. The Labute approximate surface area is 89.9 Å². The molecule has 5 heteroatoms. The molecule has 0 aliphatic rings. The number of nitrogens with zero attached hydrogens (tertiary/aromatic N) is 1. The van der Waals surface area contributed by atoms with E-state index >= 15 is 0 Å². The van der Waals surface area contributed by atoms with Crippen LogP contribution in [-0.2, 0) is 14.4 Å². The van der Waals surface area contributed by atoms with E-state index in [1.165, 1.54) is 13.1 Å². The maximum Gasteiger partial charge on any atom is 0.335 e. The van der Waals surface area contributed by atoms with E-state index in [0.717, 1.165) is 6.42 Å². The summed E-state index contributed by atoms with van der Waals surface area (Å²) in [6, 6.07) is -0.285. The molecule has 86 valence electrons. The van der Waals surface area contributed by atoms with E-state index in [9.17, 15) is 9.59 Å². The quantitative estimate of drug-likeness (QED) is 0.388. The van der Waals surface area contributed by atoms with Crippen molar-refractivity contribution in [2.45, 2.75) is 39.2 Å². The van der Waals surface area contributed by atoms with Crippen LogP contribution in [0.5, 0.6) is 0 Å². The first kappa shape index (κ1) is 13.8. The molecule has 5 nitrogen and oxygen atoms in total. The summed E-state index contributed by atoms with van der Waals surface area (Å²) in [7, 11) is 1.69. The first-order chi connectivity index (χ1) is 7.11. The Hall–Kier alpha value is -1.23. The van der Waals surface area contributed by atoms with Gasteiger partial charge in [0.2, 0.25) is 0 Å². The molecule has 1 unspecified atom stereocenters. The maximum absolute atomic E-state index is 11.1. The van der Waals surface area contributed by atoms with Gasteiger partial charge in [-0.25, -0.2) is 4.79 Å². The summed E-state index contributed by atoms with van der Waals surface area (Å²) in [6.07, 6.45) is 2.86. The molecular formula is C10H18N2O3. The molecule has 0 saturated carbocycles. The third-order valence-electron chi connectivity index (χ3n) is 1.89. The molecule has 0 bridgehead atoms. The number of carbonyl (C=O) groups is 2. The lowest BCUT2D eigenvalue weighted by molar-refractivity contribution is -0.143.